The van der Waals surface area contributed by atoms with Crippen LogP contribution in [0, 0.1) is 5.92 Å². The number of nitrogens with zero attached hydrogens (tertiary/aromatic N) is 1. The second-order valence-electron chi connectivity index (χ2n) is 9.28. The van der Waals surface area contributed by atoms with Gasteiger partial charge >= 0.3 is 0 Å². The monoisotopic (exact) mass is 493 g/mol. The number of piperidine rings is 1. The Hall–Kier alpha value is -2.33. The molecule has 2 fully saturated rings. The molecule has 0 atom stereocenters. The van der Waals surface area contributed by atoms with Crippen molar-refractivity contribution >= 4 is 21.8 Å². The molecule has 0 aromatic heterocycles. The van der Waals surface area contributed by atoms with E-state index in [1.807, 2.05) is 0 Å². The van der Waals surface area contributed by atoms with Crippen LogP contribution in [0.5, 0.6) is 11.5 Å². The number of carbonyl (C=O) groups excluding carboxylic acids is 2. The standard InChI is InChI=1S/C24H35N3O6S/c28-23(26-19-5-2-1-3-6-19)9-12-25-24(29)18-10-13-27(14-11-18)34(30,31)20-7-8-21-22(17-20)33-16-4-15-32-21/h7-8,17-19H,1-6,9-16H2,(H,25,29)(H,26,28). The first-order valence-electron chi connectivity index (χ1n) is 12.4. The number of hydrogen-bond acceptors (Lipinski definition) is 6. The number of sulfonamides is 1. The molecule has 0 spiro atoms. The predicted molar refractivity (Wildman–Crippen MR) is 126 cm³/mol. The highest BCUT2D eigenvalue weighted by atomic mass is 32.2. The molecule has 1 saturated carbocycles. The SMILES string of the molecule is O=C(CCNC(=O)C1CCN(S(=O)(=O)c2ccc3c(c2)OCCCO3)CC1)NC1CCCCC1. The van der Waals surface area contributed by atoms with Crippen LogP contribution in [0.4, 0.5) is 0 Å². The fraction of sp³-hybridized carbons (Fsp3) is 0.667. The molecular weight excluding hydrogens is 458 g/mol. The van der Waals surface area contributed by atoms with Crippen LogP contribution in [-0.4, -0.2) is 63.4 Å². The van der Waals surface area contributed by atoms with Gasteiger partial charge in [-0.15, -0.1) is 0 Å². The van der Waals surface area contributed by atoms with Gasteiger partial charge in [0.2, 0.25) is 21.8 Å². The Morgan fingerprint density at radius 1 is 0.941 bits per heavy atom. The summed E-state index contributed by atoms with van der Waals surface area (Å²) in [5, 5.41) is 5.90. The lowest BCUT2D eigenvalue weighted by atomic mass is 9.95. The lowest BCUT2D eigenvalue weighted by Crippen LogP contribution is -2.43. The fourth-order valence-electron chi connectivity index (χ4n) is 4.80. The third-order valence-electron chi connectivity index (χ3n) is 6.80. The van der Waals surface area contributed by atoms with Crippen LogP contribution < -0.4 is 20.1 Å². The molecular formula is C24H35N3O6S. The summed E-state index contributed by atoms with van der Waals surface area (Å²) in [4.78, 5) is 24.8. The van der Waals surface area contributed by atoms with E-state index >= 15 is 0 Å². The van der Waals surface area contributed by atoms with Gasteiger partial charge in [-0.1, -0.05) is 19.3 Å². The van der Waals surface area contributed by atoms with Crippen molar-refractivity contribution < 1.29 is 27.5 Å². The van der Waals surface area contributed by atoms with E-state index in [0.29, 0.717) is 44.1 Å². The van der Waals surface area contributed by atoms with Crippen LogP contribution >= 0.6 is 0 Å². The topological polar surface area (TPSA) is 114 Å². The van der Waals surface area contributed by atoms with Crippen LogP contribution in [0.1, 0.15) is 57.8 Å². The molecule has 1 aromatic carbocycles. The van der Waals surface area contributed by atoms with Gasteiger partial charge in [0.1, 0.15) is 0 Å². The van der Waals surface area contributed by atoms with Gasteiger partial charge < -0.3 is 20.1 Å². The first-order valence-corrected chi connectivity index (χ1v) is 13.8. The molecule has 0 radical (unpaired) electrons. The summed E-state index contributed by atoms with van der Waals surface area (Å²) in [6, 6.07) is 4.97. The molecule has 2 aliphatic heterocycles. The van der Waals surface area contributed by atoms with Crippen LogP contribution in [0.25, 0.3) is 0 Å². The lowest BCUT2D eigenvalue weighted by Gasteiger charge is -2.30. The highest BCUT2D eigenvalue weighted by Gasteiger charge is 2.32. The zero-order valence-electron chi connectivity index (χ0n) is 19.6. The third-order valence-corrected chi connectivity index (χ3v) is 8.70. The van der Waals surface area contributed by atoms with Crippen LogP contribution in [0.3, 0.4) is 0 Å². The van der Waals surface area contributed by atoms with Crippen LogP contribution in [0.15, 0.2) is 23.1 Å². The number of carbonyl (C=O) groups is 2. The zero-order valence-corrected chi connectivity index (χ0v) is 20.4. The van der Waals surface area contributed by atoms with E-state index in [1.165, 1.54) is 16.8 Å². The van der Waals surface area contributed by atoms with Gasteiger partial charge in [0.15, 0.2) is 11.5 Å². The average molecular weight is 494 g/mol. The van der Waals surface area contributed by atoms with E-state index < -0.39 is 10.0 Å². The second-order valence-corrected chi connectivity index (χ2v) is 11.2. The molecule has 0 bridgehead atoms. The van der Waals surface area contributed by atoms with Crippen molar-refractivity contribution in [2.45, 2.75) is 68.7 Å². The Kier molecular flexibility index (Phi) is 8.31. The summed E-state index contributed by atoms with van der Waals surface area (Å²) in [6.07, 6.45) is 7.53. The average Bonchev–Trinajstić information content (AvgIpc) is 3.09. The van der Waals surface area contributed by atoms with E-state index in [0.717, 1.165) is 32.1 Å². The maximum atomic E-state index is 13.1. The smallest absolute Gasteiger partial charge is 0.243 e. The quantitative estimate of drug-likeness (QED) is 0.602. The minimum atomic E-state index is -3.69. The van der Waals surface area contributed by atoms with Gasteiger partial charge in [0.25, 0.3) is 0 Å². The normalized spacial score (nSPS) is 20.4. The Labute approximate surface area is 201 Å². The molecule has 34 heavy (non-hydrogen) atoms. The summed E-state index contributed by atoms with van der Waals surface area (Å²) < 4.78 is 38.9. The van der Waals surface area contributed by atoms with E-state index in [1.54, 1.807) is 12.1 Å². The van der Waals surface area contributed by atoms with E-state index in [9.17, 15) is 18.0 Å². The first-order chi connectivity index (χ1) is 16.4. The third kappa shape index (κ3) is 6.21. The molecule has 1 saturated heterocycles. The molecule has 9 nitrogen and oxygen atoms in total. The number of hydrogen-bond donors (Lipinski definition) is 2. The van der Waals surface area contributed by atoms with E-state index in [4.69, 9.17) is 9.47 Å². The molecule has 188 valence electrons. The van der Waals surface area contributed by atoms with Crippen molar-refractivity contribution in [3.63, 3.8) is 0 Å². The fourth-order valence-corrected chi connectivity index (χ4v) is 6.29. The van der Waals surface area contributed by atoms with Crippen LogP contribution in [-0.2, 0) is 19.6 Å². The number of benzene rings is 1. The highest BCUT2D eigenvalue weighted by molar-refractivity contribution is 7.89. The molecule has 2 heterocycles. The molecule has 0 unspecified atom stereocenters. The highest BCUT2D eigenvalue weighted by Crippen LogP contribution is 2.33. The Morgan fingerprint density at radius 2 is 1.65 bits per heavy atom. The van der Waals surface area contributed by atoms with E-state index in [-0.39, 0.29) is 48.2 Å². The molecule has 4 rings (SSSR count). The van der Waals surface area contributed by atoms with Crippen molar-refractivity contribution in [3.05, 3.63) is 18.2 Å². The number of amides is 2. The molecule has 1 aromatic rings. The van der Waals surface area contributed by atoms with Crippen molar-refractivity contribution in [1.29, 1.82) is 0 Å². The Balaban J connectivity index is 1.23. The number of rotatable bonds is 7. The lowest BCUT2D eigenvalue weighted by molar-refractivity contribution is -0.126. The molecule has 2 N–H and O–H groups in total. The van der Waals surface area contributed by atoms with Crippen molar-refractivity contribution in [3.8, 4) is 11.5 Å². The molecule has 3 aliphatic rings. The zero-order chi connectivity index (χ0) is 24.0. The molecule has 1 aliphatic carbocycles. The van der Waals surface area contributed by atoms with Crippen molar-refractivity contribution in [2.75, 3.05) is 32.8 Å². The van der Waals surface area contributed by atoms with Gasteiger partial charge in [0.05, 0.1) is 18.1 Å². The summed E-state index contributed by atoms with van der Waals surface area (Å²) in [6.45, 7) is 1.88. The summed E-state index contributed by atoms with van der Waals surface area (Å²) in [7, 11) is -3.69. The minimum Gasteiger partial charge on any atom is -0.490 e. The van der Waals surface area contributed by atoms with Gasteiger partial charge in [-0.05, 0) is 37.8 Å². The van der Waals surface area contributed by atoms with Gasteiger partial charge in [0, 0.05) is 50.5 Å². The minimum absolute atomic E-state index is 0.0248. The molecule has 2 amide bonds. The van der Waals surface area contributed by atoms with E-state index in [2.05, 4.69) is 10.6 Å². The Morgan fingerprint density at radius 3 is 2.38 bits per heavy atom. The van der Waals surface area contributed by atoms with Gasteiger partial charge in [-0.25, -0.2) is 8.42 Å². The maximum absolute atomic E-state index is 13.1. The predicted octanol–water partition coefficient (Wildman–Crippen LogP) is 2.20. The number of fused-ring (bicyclic) bond motifs is 1. The summed E-state index contributed by atoms with van der Waals surface area (Å²) >= 11 is 0. The summed E-state index contributed by atoms with van der Waals surface area (Å²) in [5.74, 6) is 0.609. The number of ether oxygens (including phenoxy) is 2. The Bertz CT molecular complexity index is 969. The second kappa shape index (κ2) is 11.4. The first kappa shape index (κ1) is 24.8. The maximum Gasteiger partial charge on any atom is 0.243 e. The van der Waals surface area contributed by atoms with Crippen molar-refractivity contribution in [2.24, 2.45) is 5.92 Å². The van der Waals surface area contributed by atoms with Gasteiger partial charge in [-0.2, -0.15) is 4.31 Å². The largest absolute Gasteiger partial charge is 0.490 e. The van der Waals surface area contributed by atoms with Crippen LogP contribution in [0.2, 0.25) is 0 Å². The van der Waals surface area contributed by atoms with Gasteiger partial charge in [-0.3, -0.25) is 9.59 Å². The number of nitrogens with one attached hydrogen (secondary N) is 2. The molecule has 10 heteroatoms. The summed E-state index contributed by atoms with van der Waals surface area (Å²) in [5.41, 5.74) is 0. The van der Waals surface area contributed by atoms with Crippen molar-refractivity contribution in [1.82, 2.24) is 14.9 Å².